The molecule has 0 amide bonds. The lowest BCUT2D eigenvalue weighted by Crippen LogP contribution is -2.15. The van der Waals surface area contributed by atoms with Crippen LogP contribution in [0.4, 0.5) is 5.82 Å². The lowest BCUT2D eigenvalue weighted by atomic mass is 10.2. The molecule has 0 aliphatic heterocycles. The Kier molecular flexibility index (Phi) is 5.46. The van der Waals surface area contributed by atoms with Crippen molar-refractivity contribution < 1.29 is 9.53 Å². The largest absolute Gasteiger partial charge is 0.423 e. The molecule has 0 atom stereocenters. The monoisotopic (exact) mass is 236 g/mol. The third-order valence-corrected chi connectivity index (χ3v) is 2.38. The molecule has 1 aromatic heterocycles. The summed E-state index contributed by atoms with van der Waals surface area (Å²) in [5.41, 5.74) is 0. The second kappa shape index (κ2) is 6.89. The van der Waals surface area contributed by atoms with Gasteiger partial charge in [0.15, 0.2) is 11.6 Å². The summed E-state index contributed by atoms with van der Waals surface area (Å²) in [6.07, 6.45) is 5.19. The number of anilines is 1. The zero-order valence-electron chi connectivity index (χ0n) is 10.8. The molecule has 4 heteroatoms. The first-order valence-electron chi connectivity index (χ1n) is 5.98. The number of esters is 1. The molecule has 0 fully saturated rings. The van der Waals surface area contributed by atoms with E-state index >= 15 is 0 Å². The minimum Gasteiger partial charge on any atom is -0.423 e. The van der Waals surface area contributed by atoms with Gasteiger partial charge in [-0.1, -0.05) is 19.8 Å². The predicted octanol–water partition coefficient (Wildman–Crippen LogP) is 2.63. The first-order valence-corrected chi connectivity index (χ1v) is 5.98. The van der Waals surface area contributed by atoms with Crippen molar-refractivity contribution in [2.24, 2.45) is 0 Å². The third-order valence-electron chi connectivity index (χ3n) is 2.38. The second-order valence-corrected chi connectivity index (χ2v) is 4.15. The van der Waals surface area contributed by atoms with E-state index in [1.54, 1.807) is 18.3 Å². The molecule has 0 aromatic carbocycles. The maximum atomic E-state index is 11.6. The first-order chi connectivity index (χ1) is 8.15. The summed E-state index contributed by atoms with van der Waals surface area (Å²) in [6, 6.07) is 3.53. The minimum atomic E-state index is -0.186. The van der Waals surface area contributed by atoms with Crippen molar-refractivity contribution in [2.45, 2.75) is 32.6 Å². The molecule has 0 aliphatic rings. The SMILES string of the molecule is CCCCCC(=O)Oc1cccnc1N(C)C. The molecule has 0 saturated heterocycles. The zero-order valence-corrected chi connectivity index (χ0v) is 10.8. The number of rotatable bonds is 6. The van der Waals surface area contributed by atoms with Crippen LogP contribution in [-0.4, -0.2) is 25.0 Å². The number of carbonyl (C=O) groups excluding carboxylic acids is 1. The quantitative estimate of drug-likeness (QED) is 0.562. The van der Waals surface area contributed by atoms with Gasteiger partial charge in [-0.15, -0.1) is 0 Å². The van der Waals surface area contributed by atoms with E-state index in [-0.39, 0.29) is 5.97 Å². The van der Waals surface area contributed by atoms with E-state index in [4.69, 9.17) is 4.74 Å². The zero-order chi connectivity index (χ0) is 12.7. The van der Waals surface area contributed by atoms with E-state index in [1.165, 1.54) is 0 Å². The molecule has 0 unspecified atom stereocenters. The van der Waals surface area contributed by atoms with Gasteiger partial charge in [-0.3, -0.25) is 4.79 Å². The average Bonchev–Trinajstić information content (AvgIpc) is 2.29. The predicted molar refractivity (Wildman–Crippen MR) is 68.3 cm³/mol. The molecule has 0 saturated carbocycles. The van der Waals surface area contributed by atoms with E-state index in [9.17, 15) is 4.79 Å². The van der Waals surface area contributed by atoms with Crippen LogP contribution in [0, 0.1) is 0 Å². The fourth-order valence-corrected chi connectivity index (χ4v) is 1.49. The average molecular weight is 236 g/mol. The summed E-state index contributed by atoms with van der Waals surface area (Å²) in [5.74, 6) is 1.02. The Hall–Kier alpha value is -1.58. The Balaban J connectivity index is 2.58. The van der Waals surface area contributed by atoms with Gasteiger partial charge in [0.25, 0.3) is 0 Å². The molecule has 0 bridgehead atoms. The summed E-state index contributed by atoms with van der Waals surface area (Å²) < 4.78 is 5.31. The molecular formula is C13H20N2O2. The van der Waals surface area contributed by atoms with Crippen molar-refractivity contribution in [3.05, 3.63) is 18.3 Å². The summed E-state index contributed by atoms with van der Waals surface area (Å²) in [6.45, 7) is 2.11. The molecular weight excluding hydrogens is 216 g/mol. The number of unbranched alkanes of at least 4 members (excludes halogenated alkanes) is 2. The topological polar surface area (TPSA) is 42.4 Å². The number of hydrogen-bond acceptors (Lipinski definition) is 4. The number of nitrogens with zero attached hydrogens (tertiary/aromatic N) is 2. The van der Waals surface area contributed by atoms with Crippen LogP contribution in [0.5, 0.6) is 5.75 Å². The van der Waals surface area contributed by atoms with E-state index in [0.29, 0.717) is 18.0 Å². The van der Waals surface area contributed by atoms with Crippen molar-refractivity contribution in [3.8, 4) is 5.75 Å². The highest BCUT2D eigenvalue weighted by atomic mass is 16.5. The Morgan fingerprint density at radius 1 is 1.41 bits per heavy atom. The molecule has 17 heavy (non-hydrogen) atoms. The Morgan fingerprint density at radius 2 is 2.18 bits per heavy atom. The van der Waals surface area contributed by atoms with Crippen LogP contribution in [0.2, 0.25) is 0 Å². The molecule has 94 valence electrons. The van der Waals surface area contributed by atoms with Gasteiger partial charge >= 0.3 is 5.97 Å². The molecule has 1 heterocycles. The third kappa shape index (κ3) is 4.43. The lowest BCUT2D eigenvalue weighted by Gasteiger charge is -2.15. The Labute approximate surface area is 103 Å². The van der Waals surface area contributed by atoms with Gasteiger partial charge in [-0.2, -0.15) is 0 Å². The highest BCUT2D eigenvalue weighted by Crippen LogP contribution is 2.23. The molecule has 1 aromatic rings. The van der Waals surface area contributed by atoms with Gasteiger partial charge in [0.1, 0.15) is 0 Å². The second-order valence-electron chi connectivity index (χ2n) is 4.15. The van der Waals surface area contributed by atoms with Crippen molar-refractivity contribution in [3.63, 3.8) is 0 Å². The van der Waals surface area contributed by atoms with E-state index in [1.807, 2.05) is 19.0 Å². The van der Waals surface area contributed by atoms with E-state index in [2.05, 4.69) is 11.9 Å². The van der Waals surface area contributed by atoms with Gasteiger partial charge in [0, 0.05) is 26.7 Å². The maximum Gasteiger partial charge on any atom is 0.311 e. The lowest BCUT2D eigenvalue weighted by molar-refractivity contribution is -0.134. The number of pyridine rings is 1. The van der Waals surface area contributed by atoms with Crippen LogP contribution in [0.15, 0.2) is 18.3 Å². The molecule has 1 rings (SSSR count). The van der Waals surface area contributed by atoms with Crippen LogP contribution in [-0.2, 0) is 4.79 Å². The number of carbonyl (C=O) groups is 1. The summed E-state index contributed by atoms with van der Waals surface area (Å²) in [5, 5.41) is 0. The fourth-order valence-electron chi connectivity index (χ4n) is 1.49. The van der Waals surface area contributed by atoms with Crippen molar-refractivity contribution in [2.75, 3.05) is 19.0 Å². The van der Waals surface area contributed by atoms with Gasteiger partial charge in [-0.25, -0.2) is 4.98 Å². The van der Waals surface area contributed by atoms with Crippen LogP contribution < -0.4 is 9.64 Å². The highest BCUT2D eigenvalue weighted by Gasteiger charge is 2.10. The number of aromatic nitrogens is 1. The van der Waals surface area contributed by atoms with Crippen molar-refractivity contribution in [1.82, 2.24) is 4.98 Å². The Bertz CT molecular complexity index is 364. The first kappa shape index (κ1) is 13.5. The summed E-state index contributed by atoms with van der Waals surface area (Å²) >= 11 is 0. The van der Waals surface area contributed by atoms with E-state index in [0.717, 1.165) is 19.3 Å². The van der Waals surface area contributed by atoms with Crippen LogP contribution in [0.3, 0.4) is 0 Å². The highest BCUT2D eigenvalue weighted by molar-refractivity contribution is 5.74. The summed E-state index contributed by atoms with van der Waals surface area (Å²) in [4.78, 5) is 17.6. The molecule has 0 aliphatic carbocycles. The molecule has 0 N–H and O–H groups in total. The van der Waals surface area contributed by atoms with Crippen LogP contribution in [0.25, 0.3) is 0 Å². The van der Waals surface area contributed by atoms with Gasteiger partial charge < -0.3 is 9.64 Å². The molecule has 0 spiro atoms. The Morgan fingerprint density at radius 3 is 2.82 bits per heavy atom. The smallest absolute Gasteiger partial charge is 0.311 e. The van der Waals surface area contributed by atoms with Gasteiger partial charge in [0.05, 0.1) is 0 Å². The van der Waals surface area contributed by atoms with Crippen molar-refractivity contribution >= 4 is 11.8 Å². The van der Waals surface area contributed by atoms with Crippen molar-refractivity contribution in [1.29, 1.82) is 0 Å². The van der Waals surface area contributed by atoms with Crippen LogP contribution >= 0.6 is 0 Å². The molecule has 0 radical (unpaired) electrons. The summed E-state index contributed by atoms with van der Waals surface area (Å²) in [7, 11) is 3.74. The normalized spacial score (nSPS) is 10.1. The van der Waals surface area contributed by atoms with Gasteiger partial charge in [-0.05, 0) is 18.6 Å². The molecule has 4 nitrogen and oxygen atoms in total. The fraction of sp³-hybridized carbons (Fsp3) is 0.538. The van der Waals surface area contributed by atoms with E-state index < -0.39 is 0 Å². The number of hydrogen-bond donors (Lipinski definition) is 0. The minimum absolute atomic E-state index is 0.186. The standard InChI is InChI=1S/C13H20N2O2/c1-4-5-6-9-12(16)17-11-8-7-10-14-13(11)15(2)3/h7-8,10H,4-6,9H2,1-3H3. The van der Waals surface area contributed by atoms with Crippen LogP contribution in [0.1, 0.15) is 32.6 Å². The maximum absolute atomic E-state index is 11.6. The van der Waals surface area contributed by atoms with Gasteiger partial charge in [0.2, 0.25) is 0 Å². The number of ether oxygens (including phenoxy) is 1.